The molecule has 5 aromatic rings. The van der Waals surface area contributed by atoms with Gasteiger partial charge in [0, 0.05) is 27.4 Å². The first-order valence-corrected chi connectivity index (χ1v) is 14.5. The maximum atomic E-state index is 13.6. The molecule has 0 bridgehead atoms. The Balaban J connectivity index is 1.75. The molecule has 10 nitrogen and oxygen atoms in total. The number of hydrogen-bond acceptors (Lipinski definition) is 7. The van der Waals surface area contributed by atoms with E-state index >= 15 is 0 Å². The topological polar surface area (TPSA) is 153 Å². The lowest BCUT2D eigenvalue weighted by Gasteiger charge is -2.16. The molecule has 0 saturated carbocycles. The smallest absolute Gasteiger partial charge is 0.296 e. The molecule has 0 aliphatic heterocycles. The van der Waals surface area contributed by atoms with Gasteiger partial charge < -0.3 is 20.1 Å². The number of hydrogen-bond donors (Lipinski definition) is 4. The van der Waals surface area contributed by atoms with Crippen LogP contribution in [0.15, 0.2) is 106 Å². The van der Waals surface area contributed by atoms with Crippen LogP contribution in [-0.4, -0.2) is 36.1 Å². The first-order chi connectivity index (χ1) is 20.5. The molecule has 0 radical (unpaired) electrons. The molecule has 5 rings (SSSR count). The van der Waals surface area contributed by atoms with Crippen LogP contribution in [-0.2, 0) is 10.1 Å². The van der Waals surface area contributed by atoms with Gasteiger partial charge in [-0.15, -0.1) is 10.2 Å². The number of allylic oxidation sites excluding steroid dienone is 3. The molecule has 0 fully saturated rings. The summed E-state index contributed by atoms with van der Waals surface area (Å²) in [6.07, 6.45) is 4.10. The number of benzene rings is 4. The molecule has 0 aliphatic carbocycles. The van der Waals surface area contributed by atoms with Crippen molar-refractivity contribution < 1.29 is 27.6 Å². The van der Waals surface area contributed by atoms with Gasteiger partial charge in [0.2, 0.25) is 0 Å². The van der Waals surface area contributed by atoms with Gasteiger partial charge in [0.05, 0.1) is 23.9 Å². The van der Waals surface area contributed by atoms with E-state index in [2.05, 4.69) is 27.1 Å². The summed E-state index contributed by atoms with van der Waals surface area (Å²) in [5.41, 5.74) is 1.94. The fourth-order valence-corrected chi connectivity index (χ4v) is 5.53. The zero-order valence-electron chi connectivity index (χ0n) is 23.5. The number of anilines is 1. The molecule has 1 amide bonds. The minimum atomic E-state index is -4.70. The molecule has 0 aliphatic rings. The van der Waals surface area contributed by atoms with Crippen molar-refractivity contribution in [1.82, 2.24) is 4.98 Å². The van der Waals surface area contributed by atoms with Gasteiger partial charge in [-0.25, -0.2) is 0 Å². The predicted octanol–water partition coefficient (Wildman–Crippen LogP) is 7.69. The van der Waals surface area contributed by atoms with Crippen molar-refractivity contribution in [3.8, 4) is 11.5 Å². The molecule has 0 atom stereocenters. The molecule has 218 valence electrons. The number of fused-ring (bicyclic) bond motifs is 5. The zero-order chi connectivity index (χ0) is 30.9. The van der Waals surface area contributed by atoms with Gasteiger partial charge in [0.15, 0.2) is 5.75 Å². The molecular weight excluding hydrogens is 568 g/mol. The van der Waals surface area contributed by atoms with E-state index in [-0.39, 0.29) is 16.9 Å². The van der Waals surface area contributed by atoms with Crippen LogP contribution >= 0.6 is 0 Å². The monoisotopic (exact) mass is 596 g/mol. The van der Waals surface area contributed by atoms with Crippen LogP contribution in [0.3, 0.4) is 0 Å². The van der Waals surface area contributed by atoms with Crippen molar-refractivity contribution in [2.45, 2.75) is 13.8 Å². The summed E-state index contributed by atoms with van der Waals surface area (Å²) in [7, 11) is -3.16. The first kappa shape index (κ1) is 29.2. The summed E-state index contributed by atoms with van der Waals surface area (Å²) in [6, 6.07) is 18.1. The summed E-state index contributed by atoms with van der Waals surface area (Å²) in [5.74, 6) is -0.453. The van der Waals surface area contributed by atoms with Gasteiger partial charge in [-0.1, -0.05) is 49.1 Å². The molecule has 0 saturated heterocycles. The number of nitrogens with zero attached hydrogens (tertiary/aromatic N) is 2. The van der Waals surface area contributed by atoms with Gasteiger partial charge >= 0.3 is 0 Å². The van der Waals surface area contributed by atoms with Gasteiger partial charge in [-0.2, -0.15) is 8.42 Å². The van der Waals surface area contributed by atoms with E-state index in [0.29, 0.717) is 33.3 Å². The molecular formula is C32H28N4O6S. The Hall–Kier alpha value is -5.26. The Labute approximate surface area is 247 Å². The van der Waals surface area contributed by atoms with Crippen molar-refractivity contribution in [1.29, 1.82) is 0 Å². The zero-order valence-corrected chi connectivity index (χ0v) is 24.4. The molecule has 1 heterocycles. The van der Waals surface area contributed by atoms with E-state index in [1.165, 1.54) is 13.2 Å². The molecule has 0 unspecified atom stereocenters. The number of para-hydroxylation sites is 1. The number of nitrogens with one attached hydrogen (secondary N) is 2. The fourth-order valence-electron chi connectivity index (χ4n) is 4.94. The number of methoxy groups -OCH3 is 1. The lowest BCUT2D eigenvalue weighted by Crippen LogP contribution is -2.14. The van der Waals surface area contributed by atoms with Gasteiger partial charge in [-0.3, -0.25) is 9.35 Å². The van der Waals surface area contributed by atoms with Crippen LogP contribution in [0.4, 0.5) is 11.4 Å². The average Bonchev–Trinajstić information content (AvgIpc) is 3.36. The summed E-state index contributed by atoms with van der Waals surface area (Å²) in [5, 5.41) is 25.5. The second-order valence-electron chi connectivity index (χ2n) is 9.64. The summed E-state index contributed by atoms with van der Waals surface area (Å²) < 4.78 is 39.0. The van der Waals surface area contributed by atoms with Crippen LogP contribution in [0.1, 0.15) is 22.8 Å². The van der Waals surface area contributed by atoms with Crippen LogP contribution < -0.4 is 10.1 Å². The molecule has 11 heteroatoms. The van der Waals surface area contributed by atoms with Gasteiger partial charge in [-0.05, 0) is 61.2 Å². The number of carbonyl (C=O) groups is 1. The number of rotatable bonds is 8. The maximum absolute atomic E-state index is 13.6. The van der Waals surface area contributed by atoms with E-state index in [4.69, 9.17) is 4.74 Å². The number of phenolic OH excluding ortho intramolecular Hbond substituents is 1. The third-order valence-electron chi connectivity index (χ3n) is 7.01. The van der Waals surface area contributed by atoms with Crippen molar-refractivity contribution >= 4 is 60.0 Å². The number of ether oxygens (including phenoxy) is 1. The normalized spacial score (nSPS) is 12.6. The molecule has 0 spiro atoms. The Morgan fingerprint density at radius 3 is 2.42 bits per heavy atom. The number of aromatic hydroxyl groups is 1. The quantitative estimate of drug-likeness (QED) is 0.0818. The summed E-state index contributed by atoms with van der Waals surface area (Å²) >= 11 is 0. The molecule has 1 aromatic heterocycles. The summed E-state index contributed by atoms with van der Waals surface area (Å²) in [6.45, 7) is 7.05. The van der Waals surface area contributed by atoms with E-state index in [9.17, 15) is 22.9 Å². The second kappa shape index (κ2) is 11.6. The Morgan fingerprint density at radius 2 is 1.74 bits per heavy atom. The average molecular weight is 597 g/mol. The van der Waals surface area contributed by atoms with E-state index in [1.54, 1.807) is 44.2 Å². The van der Waals surface area contributed by atoms with E-state index < -0.39 is 26.7 Å². The highest BCUT2D eigenvalue weighted by Crippen LogP contribution is 2.46. The first-order valence-electron chi connectivity index (χ1n) is 13.1. The third-order valence-corrected chi connectivity index (χ3v) is 7.93. The Bertz CT molecular complexity index is 2130. The minimum Gasteiger partial charge on any atom is -0.505 e. The van der Waals surface area contributed by atoms with Crippen LogP contribution in [0, 0.1) is 6.92 Å². The molecule has 43 heavy (non-hydrogen) atoms. The van der Waals surface area contributed by atoms with Gasteiger partial charge in [0.25, 0.3) is 16.0 Å². The lowest BCUT2D eigenvalue weighted by atomic mass is 9.94. The number of amides is 1. The standard InChI is InChI=1S/C32H28N4O6S/c1-5-6-11-26(43(39,40)41)19(3)35-36-30-28-22(16-17-24-23-9-7-8-10-25(23)34-29(24)28)18(2)27(31(30)37)32(38)33-20-12-14-21(42-4)15-13-20/h5-17,34,37H,3H2,1-2,4H3,(H,33,38)(H,39,40,41)/b6-5-,26-11+,36-35-. The number of phenols is 1. The minimum absolute atomic E-state index is 0.0437. The van der Waals surface area contributed by atoms with Crippen molar-refractivity contribution in [3.63, 3.8) is 0 Å². The predicted molar refractivity (Wildman–Crippen MR) is 169 cm³/mol. The van der Waals surface area contributed by atoms with Gasteiger partial charge in [0.1, 0.15) is 16.3 Å². The lowest BCUT2D eigenvalue weighted by molar-refractivity contribution is 0.102. The van der Waals surface area contributed by atoms with E-state index in [0.717, 1.165) is 22.4 Å². The van der Waals surface area contributed by atoms with Crippen molar-refractivity contribution in [2.24, 2.45) is 10.2 Å². The number of aromatic nitrogens is 1. The highest BCUT2D eigenvalue weighted by molar-refractivity contribution is 7.90. The van der Waals surface area contributed by atoms with Crippen LogP contribution in [0.25, 0.3) is 32.6 Å². The third kappa shape index (κ3) is 5.51. The number of aryl methyl sites for hydroxylation is 1. The SMILES string of the molecule is C=C(/N=N\c1c(O)c(C(=O)Nc2ccc(OC)cc2)c(C)c2ccc3c4ccccc4[nH]c3c12)/C(=C\C=C/C)S(=O)(=O)O. The number of azo groups is 1. The van der Waals surface area contributed by atoms with Crippen LogP contribution in [0.5, 0.6) is 11.5 Å². The number of carbonyl (C=O) groups excluding carboxylic acids is 1. The van der Waals surface area contributed by atoms with Crippen LogP contribution in [0.2, 0.25) is 0 Å². The fraction of sp³-hybridized carbons (Fsp3) is 0.0938. The molecule has 4 aromatic carbocycles. The maximum Gasteiger partial charge on any atom is 0.296 e. The molecule has 4 N–H and O–H groups in total. The van der Waals surface area contributed by atoms with Crippen molar-refractivity contribution in [3.05, 3.63) is 107 Å². The Kier molecular flexibility index (Phi) is 7.85. The van der Waals surface area contributed by atoms with Crippen molar-refractivity contribution in [2.75, 3.05) is 12.4 Å². The highest BCUT2D eigenvalue weighted by Gasteiger charge is 2.25. The number of aromatic amines is 1. The number of H-pyrrole nitrogens is 1. The Morgan fingerprint density at radius 1 is 1.05 bits per heavy atom. The van der Waals surface area contributed by atoms with E-state index in [1.807, 2.05) is 36.4 Å². The largest absolute Gasteiger partial charge is 0.505 e. The second-order valence-corrected chi connectivity index (χ2v) is 11.0. The highest BCUT2D eigenvalue weighted by atomic mass is 32.2. The summed E-state index contributed by atoms with van der Waals surface area (Å²) in [4.78, 5) is 16.4.